The van der Waals surface area contributed by atoms with Gasteiger partial charge in [-0.05, 0) is 74.4 Å². The molecule has 3 N–H and O–H groups in total. The van der Waals surface area contributed by atoms with Crippen LogP contribution in [0.3, 0.4) is 0 Å². The van der Waals surface area contributed by atoms with Gasteiger partial charge in [0.05, 0.1) is 5.56 Å². The van der Waals surface area contributed by atoms with Crippen molar-refractivity contribution in [3.05, 3.63) is 101 Å². The Labute approximate surface area is 203 Å². The Morgan fingerprint density at radius 1 is 0.943 bits per heavy atom. The molecule has 0 aliphatic carbocycles. The Morgan fingerprint density at radius 3 is 2.40 bits per heavy atom. The number of amides is 1. The number of benzene rings is 2. The quantitative estimate of drug-likeness (QED) is 0.386. The minimum absolute atomic E-state index is 0.0876. The molecule has 0 aliphatic heterocycles. The minimum Gasteiger partial charge on any atom is -0.383 e. The third-order valence-electron chi connectivity index (χ3n) is 5.84. The first-order chi connectivity index (χ1) is 16.9. The summed E-state index contributed by atoms with van der Waals surface area (Å²) in [5.41, 5.74) is 14.2. The number of imidazole rings is 1. The van der Waals surface area contributed by atoms with Gasteiger partial charge in [-0.1, -0.05) is 29.3 Å². The molecular formula is C28H26N6O. The normalized spacial score (nSPS) is 11.1. The van der Waals surface area contributed by atoms with E-state index in [0.717, 1.165) is 44.7 Å². The maximum Gasteiger partial charge on any atom is 0.251 e. The van der Waals surface area contributed by atoms with E-state index < -0.39 is 0 Å². The van der Waals surface area contributed by atoms with E-state index in [0.29, 0.717) is 23.8 Å². The molecule has 0 fully saturated rings. The molecule has 35 heavy (non-hydrogen) atoms. The number of aromatic nitrogens is 4. The number of carbonyl (C=O) groups is 1. The highest BCUT2D eigenvalue weighted by molar-refractivity contribution is 5.94. The summed E-state index contributed by atoms with van der Waals surface area (Å²) in [6.07, 6.45) is 3.49. The van der Waals surface area contributed by atoms with Crippen molar-refractivity contribution >= 4 is 22.9 Å². The highest BCUT2D eigenvalue weighted by atomic mass is 16.1. The summed E-state index contributed by atoms with van der Waals surface area (Å²) in [5, 5.41) is 3.01. The van der Waals surface area contributed by atoms with E-state index in [4.69, 9.17) is 10.7 Å². The van der Waals surface area contributed by atoms with Gasteiger partial charge >= 0.3 is 0 Å². The lowest BCUT2D eigenvalue weighted by Crippen LogP contribution is -2.23. The molecule has 7 heteroatoms. The zero-order valence-corrected chi connectivity index (χ0v) is 19.9. The van der Waals surface area contributed by atoms with Crippen LogP contribution in [-0.4, -0.2) is 25.4 Å². The zero-order chi connectivity index (χ0) is 24.5. The molecule has 0 saturated heterocycles. The van der Waals surface area contributed by atoms with Crippen molar-refractivity contribution < 1.29 is 4.79 Å². The van der Waals surface area contributed by atoms with E-state index >= 15 is 0 Å². The SMILES string of the molecule is Cc1cc(C)cc(C(=O)NCc2ccc(-n3c(-c4cccnc4N)nc4cc(C)cnc43)cc2)c1. The number of nitrogens with zero attached hydrogens (tertiary/aromatic N) is 4. The zero-order valence-electron chi connectivity index (χ0n) is 19.9. The van der Waals surface area contributed by atoms with Crippen LogP contribution in [0.1, 0.15) is 32.6 Å². The Hall–Kier alpha value is -4.52. The van der Waals surface area contributed by atoms with Crippen LogP contribution in [0.15, 0.2) is 73.1 Å². The largest absolute Gasteiger partial charge is 0.383 e. The third-order valence-corrected chi connectivity index (χ3v) is 5.84. The van der Waals surface area contributed by atoms with Gasteiger partial charge in [0.15, 0.2) is 11.5 Å². The number of nitrogens with one attached hydrogen (secondary N) is 1. The lowest BCUT2D eigenvalue weighted by Gasteiger charge is -2.11. The van der Waals surface area contributed by atoms with Gasteiger partial charge in [-0.25, -0.2) is 15.0 Å². The van der Waals surface area contributed by atoms with Crippen molar-refractivity contribution in [3.63, 3.8) is 0 Å². The van der Waals surface area contributed by atoms with E-state index in [1.54, 1.807) is 6.20 Å². The van der Waals surface area contributed by atoms with E-state index in [1.807, 2.05) is 86.1 Å². The molecule has 3 aromatic heterocycles. The van der Waals surface area contributed by atoms with E-state index in [1.165, 1.54) is 0 Å². The summed E-state index contributed by atoms with van der Waals surface area (Å²) in [5.74, 6) is 1.00. The van der Waals surface area contributed by atoms with E-state index in [9.17, 15) is 4.79 Å². The fourth-order valence-corrected chi connectivity index (χ4v) is 4.25. The van der Waals surface area contributed by atoms with Gasteiger partial charge in [0.2, 0.25) is 0 Å². The smallest absolute Gasteiger partial charge is 0.251 e. The monoisotopic (exact) mass is 462 g/mol. The lowest BCUT2D eigenvalue weighted by atomic mass is 10.1. The molecule has 0 radical (unpaired) electrons. The number of rotatable bonds is 5. The standard InChI is InChI=1S/C28H26N6O/c1-17-11-18(2)13-21(12-17)28(35)32-16-20-6-8-22(9-7-20)34-26(23-5-4-10-30-25(23)29)33-24-14-19(3)15-31-27(24)34/h4-15H,16H2,1-3H3,(H2,29,30)(H,32,35). The molecule has 7 nitrogen and oxygen atoms in total. The molecule has 174 valence electrons. The predicted molar refractivity (Wildman–Crippen MR) is 138 cm³/mol. The maximum absolute atomic E-state index is 12.6. The van der Waals surface area contributed by atoms with Crippen LogP contribution in [0.5, 0.6) is 0 Å². The van der Waals surface area contributed by atoms with Crippen LogP contribution in [-0.2, 0) is 6.54 Å². The molecular weight excluding hydrogens is 436 g/mol. The van der Waals surface area contributed by atoms with Gasteiger partial charge in [-0.3, -0.25) is 9.36 Å². The maximum atomic E-state index is 12.6. The van der Waals surface area contributed by atoms with Crippen LogP contribution in [0.4, 0.5) is 5.82 Å². The fraction of sp³-hybridized carbons (Fsp3) is 0.143. The number of hydrogen-bond donors (Lipinski definition) is 2. The first kappa shape index (κ1) is 22.3. The van der Waals surface area contributed by atoms with Crippen LogP contribution in [0.2, 0.25) is 0 Å². The van der Waals surface area contributed by atoms with Crippen LogP contribution >= 0.6 is 0 Å². The summed E-state index contributed by atoms with van der Waals surface area (Å²) < 4.78 is 1.99. The molecule has 5 aromatic rings. The molecule has 0 atom stereocenters. The number of fused-ring (bicyclic) bond motifs is 1. The first-order valence-corrected chi connectivity index (χ1v) is 11.4. The lowest BCUT2D eigenvalue weighted by molar-refractivity contribution is 0.0950. The summed E-state index contributed by atoms with van der Waals surface area (Å²) in [7, 11) is 0. The number of carbonyl (C=O) groups excluding carboxylic acids is 1. The molecule has 0 unspecified atom stereocenters. The molecule has 3 heterocycles. The molecule has 2 aromatic carbocycles. The molecule has 5 rings (SSSR count). The predicted octanol–water partition coefficient (Wildman–Crippen LogP) is 4.92. The molecule has 0 aliphatic rings. The summed E-state index contributed by atoms with van der Waals surface area (Å²) >= 11 is 0. The second-order valence-electron chi connectivity index (χ2n) is 8.79. The highest BCUT2D eigenvalue weighted by Crippen LogP contribution is 2.30. The third kappa shape index (κ3) is 4.48. The van der Waals surface area contributed by atoms with Gasteiger partial charge in [-0.2, -0.15) is 0 Å². The van der Waals surface area contributed by atoms with Crippen LogP contribution < -0.4 is 11.1 Å². The Balaban J connectivity index is 1.45. The fourth-order valence-electron chi connectivity index (χ4n) is 4.25. The van der Waals surface area contributed by atoms with Gasteiger partial charge in [0.1, 0.15) is 11.3 Å². The molecule has 1 amide bonds. The second-order valence-corrected chi connectivity index (χ2v) is 8.79. The Bertz CT molecular complexity index is 1530. The van der Waals surface area contributed by atoms with Crippen molar-refractivity contribution in [1.82, 2.24) is 24.8 Å². The van der Waals surface area contributed by atoms with Crippen molar-refractivity contribution in [3.8, 4) is 17.1 Å². The van der Waals surface area contributed by atoms with Crippen molar-refractivity contribution in [2.75, 3.05) is 5.73 Å². The Morgan fingerprint density at radius 2 is 1.69 bits per heavy atom. The summed E-state index contributed by atoms with van der Waals surface area (Å²) in [6.45, 7) is 6.40. The minimum atomic E-state index is -0.0876. The topological polar surface area (TPSA) is 98.7 Å². The molecule has 0 bridgehead atoms. The molecule has 0 saturated carbocycles. The van der Waals surface area contributed by atoms with Crippen LogP contribution in [0.25, 0.3) is 28.2 Å². The number of aryl methyl sites for hydroxylation is 3. The van der Waals surface area contributed by atoms with Crippen molar-refractivity contribution in [2.45, 2.75) is 27.3 Å². The Kier molecular flexibility index (Phi) is 5.74. The number of anilines is 1. The van der Waals surface area contributed by atoms with E-state index in [2.05, 4.69) is 21.4 Å². The number of nitrogens with two attached hydrogens (primary N) is 1. The summed E-state index contributed by atoms with van der Waals surface area (Å²) in [6, 6.07) is 19.6. The molecule has 0 spiro atoms. The summed E-state index contributed by atoms with van der Waals surface area (Å²) in [4.78, 5) is 26.3. The van der Waals surface area contributed by atoms with E-state index in [-0.39, 0.29) is 5.91 Å². The average Bonchev–Trinajstić information content (AvgIpc) is 3.20. The average molecular weight is 463 g/mol. The van der Waals surface area contributed by atoms with Gasteiger partial charge < -0.3 is 11.1 Å². The van der Waals surface area contributed by atoms with Crippen molar-refractivity contribution in [1.29, 1.82) is 0 Å². The number of pyridine rings is 2. The van der Waals surface area contributed by atoms with Gasteiger partial charge in [-0.15, -0.1) is 0 Å². The van der Waals surface area contributed by atoms with Gasteiger partial charge in [0, 0.05) is 30.2 Å². The number of hydrogen-bond acceptors (Lipinski definition) is 5. The second kappa shape index (κ2) is 9.02. The first-order valence-electron chi connectivity index (χ1n) is 11.4. The van der Waals surface area contributed by atoms with Crippen molar-refractivity contribution in [2.24, 2.45) is 0 Å². The highest BCUT2D eigenvalue weighted by Gasteiger charge is 2.18. The van der Waals surface area contributed by atoms with Crippen LogP contribution in [0, 0.1) is 20.8 Å². The van der Waals surface area contributed by atoms with Gasteiger partial charge in [0.25, 0.3) is 5.91 Å². The number of nitrogen functional groups attached to an aromatic ring is 1.